The molecule has 0 saturated heterocycles. The zero-order valence-electron chi connectivity index (χ0n) is 12.0. The van der Waals surface area contributed by atoms with E-state index in [0.29, 0.717) is 37.7 Å². The fourth-order valence-corrected chi connectivity index (χ4v) is 2.88. The summed E-state index contributed by atoms with van der Waals surface area (Å²) in [5.74, 6) is 1.28. The lowest BCUT2D eigenvalue weighted by molar-refractivity contribution is 0.0949. The number of nitrogens with one attached hydrogen (secondary N) is 1. The Morgan fingerprint density at radius 1 is 1.32 bits per heavy atom. The Morgan fingerprint density at radius 3 is 2.95 bits per heavy atom. The maximum atomic E-state index is 11.9. The molecule has 0 fully saturated rings. The molecule has 1 amide bonds. The van der Waals surface area contributed by atoms with Crippen LogP contribution >= 0.6 is 11.3 Å². The van der Waals surface area contributed by atoms with Gasteiger partial charge in [-0.25, -0.2) is 4.98 Å². The molecule has 2 aromatic rings. The van der Waals surface area contributed by atoms with Crippen LogP contribution in [0.2, 0.25) is 0 Å². The second kappa shape index (κ2) is 6.76. The number of nitrogens with zero attached hydrogens (tertiary/aromatic N) is 1. The van der Waals surface area contributed by atoms with E-state index in [9.17, 15) is 4.79 Å². The number of carbonyl (C=O) groups is 1. The Balaban J connectivity index is 1.74. The van der Waals surface area contributed by atoms with Gasteiger partial charge in [0.25, 0.3) is 5.91 Å². The van der Waals surface area contributed by atoms with Crippen molar-refractivity contribution in [2.45, 2.75) is 6.42 Å². The van der Waals surface area contributed by atoms with Crippen molar-refractivity contribution in [3.05, 3.63) is 29.3 Å². The summed E-state index contributed by atoms with van der Waals surface area (Å²) in [7, 11) is 0. The minimum absolute atomic E-state index is 0.173. The van der Waals surface area contributed by atoms with Gasteiger partial charge in [-0.15, -0.1) is 11.3 Å². The smallest absolute Gasteiger partial charge is 0.270 e. The van der Waals surface area contributed by atoms with Crippen molar-refractivity contribution in [3.63, 3.8) is 0 Å². The van der Waals surface area contributed by atoms with Crippen LogP contribution in [0.4, 0.5) is 0 Å². The Bertz CT molecular complexity index is 672. The third-order valence-corrected chi connectivity index (χ3v) is 4.08. The quantitative estimate of drug-likeness (QED) is 0.819. The SMILES string of the molecule is NCCCNC(=O)c1csc(-c2ccc3c(c2)OCCO3)n1. The first-order valence-corrected chi connectivity index (χ1v) is 7.99. The molecule has 0 spiro atoms. The Morgan fingerprint density at radius 2 is 2.14 bits per heavy atom. The standard InChI is InChI=1S/C15H17N3O3S/c16-4-1-5-17-14(19)11-9-22-15(18-11)10-2-3-12-13(8-10)21-7-6-20-12/h2-3,8-9H,1,4-7,16H2,(H,17,19). The lowest BCUT2D eigenvalue weighted by Crippen LogP contribution is -2.26. The summed E-state index contributed by atoms with van der Waals surface area (Å²) in [6, 6.07) is 5.68. The van der Waals surface area contributed by atoms with Gasteiger partial charge in [0.05, 0.1) is 0 Å². The first kappa shape index (κ1) is 14.8. The fraction of sp³-hybridized carbons (Fsp3) is 0.333. The van der Waals surface area contributed by atoms with Crippen LogP contribution in [0.15, 0.2) is 23.6 Å². The first-order valence-electron chi connectivity index (χ1n) is 7.12. The van der Waals surface area contributed by atoms with Crippen LogP contribution in [0.25, 0.3) is 10.6 Å². The highest BCUT2D eigenvalue weighted by Gasteiger charge is 2.15. The molecule has 6 nitrogen and oxygen atoms in total. The molecular formula is C15H17N3O3S. The number of fused-ring (bicyclic) bond motifs is 1. The molecule has 1 aliphatic heterocycles. The number of nitrogens with two attached hydrogens (primary N) is 1. The zero-order valence-corrected chi connectivity index (χ0v) is 12.8. The van der Waals surface area contributed by atoms with Crippen molar-refractivity contribution in [2.75, 3.05) is 26.3 Å². The van der Waals surface area contributed by atoms with E-state index in [-0.39, 0.29) is 5.91 Å². The second-order valence-corrected chi connectivity index (χ2v) is 5.65. The van der Waals surface area contributed by atoms with Gasteiger partial charge in [0.2, 0.25) is 0 Å². The summed E-state index contributed by atoms with van der Waals surface area (Å²) >= 11 is 1.43. The maximum absolute atomic E-state index is 11.9. The second-order valence-electron chi connectivity index (χ2n) is 4.79. The molecular weight excluding hydrogens is 302 g/mol. The van der Waals surface area contributed by atoms with Gasteiger partial charge in [-0.2, -0.15) is 0 Å². The largest absolute Gasteiger partial charge is 0.486 e. The van der Waals surface area contributed by atoms with Crippen molar-refractivity contribution in [3.8, 4) is 22.1 Å². The average molecular weight is 319 g/mol. The highest BCUT2D eigenvalue weighted by atomic mass is 32.1. The van der Waals surface area contributed by atoms with Crippen LogP contribution in [0.1, 0.15) is 16.9 Å². The van der Waals surface area contributed by atoms with E-state index in [0.717, 1.165) is 22.7 Å². The molecule has 0 aliphatic carbocycles. The van der Waals surface area contributed by atoms with Gasteiger partial charge in [-0.3, -0.25) is 4.79 Å². The van der Waals surface area contributed by atoms with E-state index in [1.165, 1.54) is 11.3 Å². The highest BCUT2D eigenvalue weighted by molar-refractivity contribution is 7.13. The van der Waals surface area contributed by atoms with Gasteiger partial charge in [0, 0.05) is 17.5 Å². The minimum atomic E-state index is -0.173. The van der Waals surface area contributed by atoms with Crippen LogP contribution < -0.4 is 20.5 Å². The lowest BCUT2D eigenvalue weighted by atomic mass is 10.2. The summed E-state index contributed by atoms with van der Waals surface area (Å²) in [6.07, 6.45) is 0.755. The van der Waals surface area contributed by atoms with Crippen molar-refractivity contribution >= 4 is 17.2 Å². The van der Waals surface area contributed by atoms with Crippen molar-refractivity contribution in [1.82, 2.24) is 10.3 Å². The molecule has 0 bridgehead atoms. The number of thiazole rings is 1. The molecule has 1 aromatic carbocycles. The van der Waals surface area contributed by atoms with Gasteiger partial charge in [-0.05, 0) is 31.2 Å². The summed E-state index contributed by atoms with van der Waals surface area (Å²) in [6.45, 7) is 2.23. The van der Waals surface area contributed by atoms with E-state index in [2.05, 4.69) is 10.3 Å². The molecule has 2 heterocycles. The molecule has 1 aromatic heterocycles. The van der Waals surface area contributed by atoms with Crippen LogP contribution in [0.3, 0.4) is 0 Å². The van der Waals surface area contributed by atoms with E-state index in [1.807, 2.05) is 18.2 Å². The third-order valence-electron chi connectivity index (χ3n) is 3.19. The van der Waals surface area contributed by atoms with Crippen LogP contribution in [-0.4, -0.2) is 37.2 Å². The van der Waals surface area contributed by atoms with Crippen molar-refractivity contribution in [2.24, 2.45) is 5.73 Å². The van der Waals surface area contributed by atoms with Crippen molar-refractivity contribution < 1.29 is 14.3 Å². The fourth-order valence-electron chi connectivity index (χ4n) is 2.08. The Kier molecular flexibility index (Phi) is 4.55. The third kappa shape index (κ3) is 3.20. The van der Waals surface area contributed by atoms with Gasteiger partial charge in [-0.1, -0.05) is 0 Å². The first-order chi connectivity index (χ1) is 10.8. The Labute approximate surface area is 132 Å². The van der Waals surface area contributed by atoms with Gasteiger partial charge in [0.15, 0.2) is 11.5 Å². The normalized spacial score (nSPS) is 13.0. The number of ether oxygens (including phenoxy) is 2. The molecule has 22 heavy (non-hydrogen) atoms. The number of rotatable bonds is 5. The van der Waals surface area contributed by atoms with Crippen LogP contribution in [-0.2, 0) is 0 Å². The summed E-state index contributed by atoms with van der Waals surface area (Å²) in [4.78, 5) is 16.3. The van der Waals surface area contributed by atoms with Gasteiger partial charge >= 0.3 is 0 Å². The average Bonchev–Trinajstić information content (AvgIpc) is 3.04. The monoisotopic (exact) mass is 319 g/mol. The molecule has 0 atom stereocenters. The number of aromatic nitrogens is 1. The predicted molar refractivity (Wildman–Crippen MR) is 84.5 cm³/mol. The van der Waals surface area contributed by atoms with Crippen molar-refractivity contribution in [1.29, 1.82) is 0 Å². The lowest BCUT2D eigenvalue weighted by Gasteiger charge is -2.18. The summed E-state index contributed by atoms with van der Waals surface area (Å²) in [5, 5.41) is 5.33. The van der Waals surface area contributed by atoms with Gasteiger partial charge in [0.1, 0.15) is 23.9 Å². The topological polar surface area (TPSA) is 86.5 Å². The molecule has 7 heteroatoms. The number of amides is 1. The minimum Gasteiger partial charge on any atom is -0.486 e. The molecule has 3 rings (SSSR count). The van der Waals surface area contributed by atoms with Gasteiger partial charge < -0.3 is 20.5 Å². The number of benzene rings is 1. The molecule has 0 saturated carbocycles. The van der Waals surface area contributed by atoms with E-state index in [4.69, 9.17) is 15.2 Å². The molecule has 0 unspecified atom stereocenters. The summed E-state index contributed by atoms with van der Waals surface area (Å²) in [5.41, 5.74) is 6.74. The predicted octanol–water partition coefficient (Wildman–Crippen LogP) is 1.66. The van der Waals surface area contributed by atoms with E-state index < -0.39 is 0 Å². The summed E-state index contributed by atoms with van der Waals surface area (Å²) < 4.78 is 11.1. The molecule has 1 aliphatic rings. The number of carbonyl (C=O) groups excluding carboxylic acids is 1. The number of hydrogen-bond donors (Lipinski definition) is 2. The molecule has 3 N–H and O–H groups in total. The van der Waals surface area contributed by atoms with E-state index in [1.54, 1.807) is 5.38 Å². The zero-order chi connectivity index (χ0) is 15.4. The van der Waals surface area contributed by atoms with Crippen LogP contribution in [0.5, 0.6) is 11.5 Å². The highest BCUT2D eigenvalue weighted by Crippen LogP contribution is 2.35. The number of hydrogen-bond acceptors (Lipinski definition) is 6. The molecule has 116 valence electrons. The maximum Gasteiger partial charge on any atom is 0.270 e. The Hall–Kier alpha value is -2.12. The van der Waals surface area contributed by atoms with E-state index >= 15 is 0 Å². The van der Waals surface area contributed by atoms with Crippen LogP contribution in [0, 0.1) is 0 Å². The molecule has 0 radical (unpaired) electrons.